The summed E-state index contributed by atoms with van der Waals surface area (Å²) < 4.78 is 27.3. The minimum Gasteiger partial charge on any atom is -0.207 e. The van der Waals surface area contributed by atoms with Crippen molar-refractivity contribution in [3.05, 3.63) is 51.7 Å². The van der Waals surface area contributed by atoms with Gasteiger partial charge in [-0.1, -0.05) is 27.5 Å². The summed E-state index contributed by atoms with van der Waals surface area (Å²) in [6.45, 7) is 0.0581. The highest BCUT2D eigenvalue weighted by atomic mass is 79.9. The van der Waals surface area contributed by atoms with E-state index in [1.165, 1.54) is 18.3 Å². The fourth-order valence-corrected chi connectivity index (χ4v) is 3.40. The second kappa shape index (κ2) is 5.96. The Morgan fingerprint density at radius 2 is 2.11 bits per heavy atom. The fourth-order valence-electron chi connectivity index (χ4n) is 1.37. The van der Waals surface area contributed by atoms with Crippen molar-refractivity contribution in [2.45, 2.75) is 11.4 Å². The molecule has 2 rings (SSSR count). The first kappa shape index (κ1) is 14.4. The molecular weight excluding hydrogens is 354 g/mol. The Morgan fingerprint density at radius 3 is 2.74 bits per heavy atom. The molecule has 0 aliphatic rings. The molecule has 0 saturated heterocycles. The third-order valence-corrected chi connectivity index (χ3v) is 4.63. The molecule has 0 radical (unpaired) electrons. The van der Waals surface area contributed by atoms with Crippen LogP contribution < -0.4 is 4.72 Å². The third kappa shape index (κ3) is 3.73. The second-order valence-electron chi connectivity index (χ2n) is 3.61. The second-order valence-corrected chi connectivity index (χ2v) is 6.67. The van der Waals surface area contributed by atoms with Gasteiger partial charge in [-0.2, -0.15) is 10.2 Å². The average molecular weight is 363 g/mol. The zero-order valence-electron chi connectivity index (χ0n) is 9.55. The molecule has 0 fully saturated rings. The number of aromatic nitrogens is 2. The highest BCUT2D eigenvalue weighted by Gasteiger charge is 2.17. The van der Waals surface area contributed by atoms with E-state index in [1.807, 2.05) is 0 Å². The van der Waals surface area contributed by atoms with E-state index in [9.17, 15) is 8.42 Å². The lowest BCUT2D eigenvalue weighted by Gasteiger charge is -2.08. The number of nitrogens with one attached hydrogen (secondary N) is 1. The molecule has 1 N–H and O–H groups in total. The molecule has 0 saturated carbocycles. The first-order valence-electron chi connectivity index (χ1n) is 5.20. The van der Waals surface area contributed by atoms with Gasteiger partial charge in [0, 0.05) is 10.7 Å². The van der Waals surface area contributed by atoms with Gasteiger partial charge in [0.15, 0.2) is 0 Å². The van der Waals surface area contributed by atoms with Gasteiger partial charge in [0.2, 0.25) is 10.0 Å². The number of rotatable bonds is 4. The van der Waals surface area contributed by atoms with Crippen LogP contribution in [0.5, 0.6) is 0 Å². The molecule has 1 aromatic heterocycles. The molecular formula is C11H9BrClN3O2S. The van der Waals surface area contributed by atoms with Gasteiger partial charge in [-0.3, -0.25) is 0 Å². The predicted octanol–water partition coefficient (Wildman–Crippen LogP) is 2.37. The van der Waals surface area contributed by atoms with Crippen molar-refractivity contribution in [3.63, 3.8) is 0 Å². The molecule has 0 amide bonds. The summed E-state index contributed by atoms with van der Waals surface area (Å²) >= 11 is 9.14. The standard InChI is InChI=1S/C11H9BrClN3O2S/c12-8-3-4-11(10(13)6-8)19(17,18)15-7-9-2-1-5-14-16-9/h1-6,15H,7H2. The van der Waals surface area contributed by atoms with Crippen LogP contribution in [-0.2, 0) is 16.6 Å². The van der Waals surface area contributed by atoms with Gasteiger partial charge in [-0.15, -0.1) is 0 Å². The maximum atomic E-state index is 12.1. The van der Waals surface area contributed by atoms with Crippen molar-refractivity contribution >= 4 is 37.6 Å². The van der Waals surface area contributed by atoms with Gasteiger partial charge in [-0.05, 0) is 30.3 Å². The zero-order chi connectivity index (χ0) is 13.9. The van der Waals surface area contributed by atoms with Gasteiger partial charge < -0.3 is 0 Å². The van der Waals surface area contributed by atoms with Crippen LogP contribution in [0.25, 0.3) is 0 Å². The third-order valence-electron chi connectivity index (χ3n) is 2.25. The van der Waals surface area contributed by atoms with Crippen molar-refractivity contribution in [1.82, 2.24) is 14.9 Å². The Hall–Kier alpha value is -1.02. The van der Waals surface area contributed by atoms with Gasteiger partial charge in [0.25, 0.3) is 0 Å². The lowest BCUT2D eigenvalue weighted by molar-refractivity contribution is 0.580. The summed E-state index contributed by atoms with van der Waals surface area (Å²) in [6.07, 6.45) is 1.52. The van der Waals surface area contributed by atoms with E-state index in [0.717, 1.165) is 0 Å². The van der Waals surface area contributed by atoms with Crippen LogP contribution in [-0.4, -0.2) is 18.6 Å². The van der Waals surface area contributed by atoms with E-state index < -0.39 is 10.0 Å². The minimum atomic E-state index is -3.68. The van der Waals surface area contributed by atoms with E-state index >= 15 is 0 Å². The SMILES string of the molecule is O=S(=O)(NCc1cccnn1)c1ccc(Br)cc1Cl. The molecule has 1 aromatic carbocycles. The first-order valence-corrected chi connectivity index (χ1v) is 7.86. The monoisotopic (exact) mass is 361 g/mol. The smallest absolute Gasteiger partial charge is 0.207 e. The van der Waals surface area contributed by atoms with Crippen LogP contribution in [0.15, 0.2) is 45.9 Å². The van der Waals surface area contributed by atoms with E-state index in [1.54, 1.807) is 18.2 Å². The molecule has 1 heterocycles. The van der Waals surface area contributed by atoms with Crippen molar-refractivity contribution in [2.75, 3.05) is 0 Å². The molecule has 0 atom stereocenters. The van der Waals surface area contributed by atoms with Crippen LogP contribution in [0.1, 0.15) is 5.69 Å². The van der Waals surface area contributed by atoms with Gasteiger partial charge >= 0.3 is 0 Å². The molecule has 8 heteroatoms. The molecule has 0 aliphatic carbocycles. The van der Waals surface area contributed by atoms with Crippen LogP contribution in [0, 0.1) is 0 Å². The molecule has 0 bridgehead atoms. The van der Waals surface area contributed by atoms with Gasteiger partial charge in [0.05, 0.1) is 17.3 Å². The number of benzene rings is 1. The van der Waals surface area contributed by atoms with E-state index in [2.05, 4.69) is 30.8 Å². The van der Waals surface area contributed by atoms with Crippen molar-refractivity contribution in [1.29, 1.82) is 0 Å². The highest BCUT2D eigenvalue weighted by molar-refractivity contribution is 9.10. The summed E-state index contributed by atoms with van der Waals surface area (Å²) in [4.78, 5) is 0.0289. The van der Waals surface area contributed by atoms with Crippen molar-refractivity contribution in [2.24, 2.45) is 0 Å². The number of sulfonamides is 1. The Labute approximate surface area is 124 Å². The maximum absolute atomic E-state index is 12.1. The highest BCUT2D eigenvalue weighted by Crippen LogP contribution is 2.25. The summed E-state index contributed by atoms with van der Waals surface area (Å²) in [5, 5.41) is 7.62. The molecule has 19 heavy (non-hydrogen) atoms. The summed E-state index contributed by atoms with van der Waals surface area (Å²) in [7, 11) is -3.68. The normalized spacial score (nSPS) is 11.5. The largest absolute Gasteiger partial charge is 0.242 e. The molecule has 2 aromatic rings. The number of halogens is 2. The average Bonchev–Trinajstić information content (AvgIpc) is 2.37. The number of hydrogen-bond acceptors (Lipinski definition) is 4. The predicted molar refractivity (Wildman–Crippen MR) is 75.2 cm³/mol. The Kier molecular flexibility index (Phi) is 4.51. The van der Waals surface area contributed by atoms with Crippen molar-refractivity contribution in [3.8, 4) is 0 Å². The van der Waals surface area contributed by atoms with E-state index in [0.29, 0.717) is 10.2 Å². The fraction of sp³-hybridized carbons (Fsp3) is 0.0909. The molecule has 5 nitrogen and oxygen atoms in total. The van der Waals surface area contributed by atoms with Crippen LogP contribution in [0.4, 0.5) is 0 Å². The molecule has 0 aliphatic heterocycles. The molecule has 0 spiro atoms. The lowest BCUT2D eigenvalue weighted by atomic mass is 10.4. The minimum absolute atomic E-state index is 0.0289. The maximum Gasteiger partial charge on any atom is 0.242 e. The molecule has 100 valence electrons. The van der Waals surface area contributed by atoms with Crippen molar-refractivity contribution < 1.29 is 8.42 Å². The summed E-state index contributed by atoms with van der Waals surface area (Å²) in [5.41, 5.74) is 0.527. The van der Waals surface area contributed by atoms with Crippen LogP contribution in [0.3, 0.4) is 0 Å². The number of nitrogens with zero attached hydrogens (tertiary/aromatic N) is 2. The van der Waals surface area contributed by atoms with E-state index in [-0.39, 0.29) is 16.5 Å². The van der Waals surface area contributed by atoms with Gasteiger partial charge in [0.1, 0.15) is 4.90 Å². The zero-order valence-corrected chi connectivity index (χ0v) is 12.7. The summed E-state index contributed by atoms with van der Waals surface area (Å²) in [6, 6.07) is 7.94. The summed E-state index contributed by atoms with van der Waals surface area (Å²) in [5.74, 6) is 0. The Morgan fingerprint density at radius 1 is 1.32 bits per heavy atom. The topological polar surface area (TPSA) is 72.0 Å². The quantitative estimate of drug-likeness (QED) is 0.906. The van der Waals surface area contributed by atoms with Crippen LogP contribution >= 0.6 is 27.5 Å². The van der Waals surface area contributed by atoms with E-state index in [4.69, 9.17) is 11.6 Å². The van der Waals surface area contributed by atoms with Crippen LogP contribution in [0.2, 0.25) is 5.02 Å². The molecule has 0 unspecified atom stereocenters. The van der Waals surface area contributed by atoms with Gasteiger partial charge in [-0.25, -0.2) is 13.1 Å². The first-order chi connectivity index (χ1) is 8.99. The number of hydrogen-bond donors (Lipinski definition) is 1. The Balaban J connectivity index is 2.19. The Bertz CT molecular complexity index is 680. The lowest BCUT2D eigenvalue weighted by Crippen LogP contribution is -2.24.